The lowest BCUT2D eigenvalue weighted by Gasteiger charge is -2.27. The molecule has 3 N–H and O–H groups in total. The van der Waals surface area contributed by atoms with E-state index in [9.17, 15) is 4.79 Å². The van der Waals surface area contributed by atoms with E-state index in [1.54, 1.807) is 37.3 Å². The average molecular weight is 492 g/mol. The fourth-order valence-electron chi connectivity index (χ4n) is 3.74. The normalized spacial score (nSPS) is 15.6. The fraction of sp³-hybridized carbons (Fsp3) is 0.0800. The Morgan fingerprint density at radius 3 is 2.44 bits per heavy atom. The highest BCUT2D eigenvalue weighted by atomic mass is 35.5. The number of nitrogens with zero attached hydrogens (tertiary/aromatic N) is 2. The lowest BCUT2D eigenvalue weighted by Crippen LogP contribution is -2.37. The molecule has 0 spiro atoms. The number of anilines is 2. The van der Waals surface area contributed by atoms with Gasteiger partial charge < -0.3 is 15.1 Å². The Balaban J connectivity index is 1.50. The van der Waals surface area contributed by atoms with Crippen LogP contribution in [0, 0.1) is 0 Å². The zero-order chi connectivity index (χ0) is 23.7. The highest BCUT2D eigenvalue weighted by Crippen LogP contribution is 2.36. The van der Waals surface area contributed by atoms with Gasteiger partial charge in [0.25, 0.3) is 5.91 Å². The van der Waals surface area contributed by atoms with Crippen molar-refractivity contribution in [3.8, 4) is 0 Å². The van der Waals surface area contributed by atoms with Crippen molar-refractivity contribution in [3.05, 3.63) is 99.7 Å². The van der Waals surface area contributed by atoms with Gasteiger partial charge in [-0.25, -0.2) is 4.99 Å². The van der Waals surface area contributed by atoms with Crippen LogP contribution >= 0.6 is 23.2 Å². The van der Waals surface area contributed by atoms with Crippen LogP contribution in [0.5, 0.6) is 0 Å². The van der Waals surface area contributed by atoms with Crippen LogP contribution < -0.4 is 16.0 Å². The molecule has 170 valence electrons. The van der Waals surface area contributed by atoms with Crippen molar-refractivity contribution in [3.63, 3.8) is 0 Å². The minimum absolute atomic E-state index is 0.280. The number of hydrogen-bond donors (Lipinski definition) is 3. The van der Waals surface area contributed by atoms with E-state index in [1.807, 2.05) is 42.5 Å². The first-order valence-corrected chi connectivity index (χ1v) is 11.2. The number of amides is 1. The predicted octanol–water partition coefficient (Wildman–Crippen LogP) is 6.16. The predicted molar refractivity (Wildman–Crippen MR) is 135 cm³/mol. The van der Waals surface area contributed by atoms with Gasteiger partial charge in [0.2, 0.25) is 5.96 Å². The zero-order valence-electron chi connectivity index (χ0n) is 18.0. The van der Waals surface area contributed by atoms with E-state index in [2.05, 4.69) is 20.9 Å². The van der Waals surface area contributed by atoms with Crippen LogP contribution in [-0.2, 0) is 4.79 Å². The number of para-hydroxylation sites is 3. The Labute approximate surface area is 205 Å². The number of allylic oxidation sites excluding steroid dienone is 1. The highest BCUT2D eigenvalue weighted by molar-refractivity contribution is 6.34. The smallest absolute Gasteiger partial charge is 0.302 e. The van der Waals surface area contributed by atoms with Crippen molar-refractivity contribution in [2.45, 2.75) is 13.0 Å². The van der Waals surface area contributed by atoms with E-state index in [0.29, 0.717) is 44.1 Å². The molecule has 1 aliphatic heterocycles. The summed E-state index contributed by atoms with van der Waals surface area (Å²) >= 11 is 12.8. The second kappa shape index (κ2) is 9.21. The lowest BCUT2D eigenvalue weighted by molar-refractivity contribution is -0.113. The van der Waals surface area contributed by atoms with Crippen LogP contribution in [0.3, 0.4) is 0 Å². The maximum atomic E-state index is 13.4. The molecule has 4 aromatic rings. The molecule has 5 rings (SSSR count). The Morgan fingerprint density at radius 1 is 0.971 bits per heavy atom. The van der Waals surface area contributed by atoms with Crippen molar-refractivity contribution in [1.82, 2.24) is 10.3 Å². The molecular weight excluding hydrogens is 473 g/mol. The summed E-state index contributed by atoms with van der Waals surface area (Å²) in [6.45, 7) is 1.80. The first-order valence-electron chi connectivity index (χ1n) is 10.5. The zero-order valence-corrected chi connectivity index (χ0v) is 19.5. The van der Waals surface area contributed by atoms with Crippen molar-refractivity contribution in [1.29, 1.82) is 0 Å². The first kappa shape index (κ1) is 22.0. The number of halogens is 2. The van der Waals surface area contributed by atoms with Gasteiger partial charge in [-0.05, 0) is 37.3 Å². The van der Waals surface area contributed by atoms with Crippen molar-refractivity contribution < 1.29 is 9.21 Å². The maximum Gasteiger partial charge on any atom is 0.302 e. The molecule has 3 aromatic carbocycles. The van der Waals surface area contributed by atoms with Crippen LogP contribution in [0.25, 0.3) is 11.1 Å². The van der Waals surface area contributed by atoms with Crippen molar-refractivity contribution in [2.24, 2.45) is 4.99 Å². The summed E-state index contributed by atoms with van der Waals surface area (Å²) in [6, 6.07) is 21.4. The summed E-state index contributed by atoms with van der Waals surface area (Å²) in [7, 11) is 0. The summed E-state index contributed by atoms with van der Waals surface area (Å²) in [6.07, 6.45) is 0. The SMILES string of the molecule is CC1=C(C(=O)Nc2ccccc2Cl)C(c2ccccc2Cl)N=C(Nc2nc3ccccc3o2)N1. The molecule has 0 aliphatic carbocycles. The van der Waals surface area contributed by atoms with Crippen molar-refractivity contribution in [2.75, 3.05) is 10.6 Å². The molecule has 0 bridgehead atoms. The molecule has 1 atom stereocenters. The second-order valence-electron chi connectivity index (χ2n) is 7.61. The molecule has 1 aromatic heterocycles. The fourth-order valence-corrected chi connectivity index (χ4v) is 4.16. The number of benzene rings is 3. The van der Waals surface area contributed by atoms with E-state index in [1.165, 1.54) is 0 Å². The van der Waals surface area contributed by atoms with Gasteiger partial charge in [-0.3, -0.25) is 10.1 Å². The minimum atomic E-state index is -0.677. The van der Waals surface area contributed by atoms with Gasteiger partial charge in [0, 0.05) is 16.3 Å². The number of rotatable bonds is 4. The molecule has 0 fully saturated rings. The van der Waals surface area contributed by atoms with Crippen LogP contribution in [0.2, 0.25) is 10.0 Å². The molecule has 34 heavy (non-hydrogen) atoms. The highest BCUT2D eigenvalue weighted by Gasteiger charge is 2.31. The van der Waals surface area contributed by atoms with Crippen molar-refractivity contribution >= 4 is 57.9 Å². The number of fused-ring (bicyclic) bond motifs is 1. The monoisotopic (exact) mass is 491 g/mol. The van der Waals surface area contributed by atoms with E-state index in [-0.39, 0.29) is 11.9 Å². The summed E-state index contributed by atoms with van der Waals surface area (Å²) in [5.41, 5.74) is 3.57. The van der Waals surface area contributed by atoms with Crippen LogP contribution in [0.4, 0.5) is 11.7 Å². The first-order chi connectivity index (χ1) is 16.5. The summed E-state index contributed by atoms with van der Waals surface area (Å²) in [5, 5.41) is 10.0. The Kier molecular flexibility index (Phi) is 5.96. The van der Waals surface area contributed by atoms with Gasteiger partial charge in [-0.1, -0.05) is 65.7 Å². The molecular formula is C25H19Cl2N5O2. The largest absolute Gasteiger partial charge is 0.423 e. The van der Waals surface area contributed by atoms with Gasteiger partial charge >= 0.3 is 6.01 Å². The van der Waals surface area contributed by atoms with Crippen LogP contribution in [0.15, 0.2) is 93.5 Å². The topological polar surface area (TPSA) is 91.5 Å². The molecule has 7 nitrogen and oxygen atoms in total. The second-order valence-corrected chi connectivity index (χ2v) is 8.43. The molecule has 9 heteroatoms. The van der Waals surface area contributed by atoms with E-state index in [0.717, 1.165) is 5.52 Å². The number of aliphatic imine (C=N–C) groups is 1. The molecule has 0 saturated carbocycles. The minimum Gasteiger partial charge on any atom is -0.423 e. The number of carbonyl (C=O) groups excluding carboxylic acids is 1. The van der Waals surface area contributed by atoms with Crippen LogP contribution in [-0.4, -0.2) is 16.9 Å². The van der Waals surface area contributed by atoms with Crippen LogP contribution in [0.1, 0.15) is 18.5 Å². The standard InChI is InChI=1S/C25H19Cl2N5O2/c1-14-21(23(33)29-18-11-5-4-10-17(18)27)22(15-8-2-3-9-16(15)26)31-24(28-14)32-25-30-19-12-6-7-13-20(19)34-25/h2-13,22H,1H3,(H,29,33)(H2,28,30,31,32). The van der Waals surface area contributed by atoms with Gasteiger partial charge in [0.1, 0.15) is 11.6 Å². The Bertz CT molecular complexity index is 1430. The number of aromatic nitrogens is 1. The van der Waals surface area contributed by atoms with Gasteiger partial charge in [0.05, 0.1) is 16.3 Å². The van der Waals surface area contributed by atoms with E-state index in [4.69, 9.17) is 32.6 Å². The third-order valence-electron chi connectivity index (χ3n) is 5.33. The molecule has 1 aliphatic rings. The lowest BCUT2D eigenvalue weighted by atomic mass is 9.95. The van der Waals surface area contributed by atoms with E-state index >= 15 is 0 Å². The summed E-state index contributed by atoms with van der Waals surface area (Å²) in [4.78, 5) is 22.6. The average Bonchev–Trinajstić information content (AvgIpc) is 3.22. The maximum absolute atomic E-state index is 13.4. The third-order valence-corrected chi connectivity index (χ3v) is 6.00. The van der Waals surface area contributed by atoms with Gasteiger partial charge in [-0.2, -0.15) is 4.98 Å². The van der Waals surface area contributed by atoms with Gasteiger partial charge in [0.15, 0.2) is 5.58 Å². The summed E-state index contributed by atoms with van der Waals surface area (Å²) in [5.74, 6) is 0.0379. The summed E-state index contributed by atoms with van der Waals surface area (Å²) < 4.78 is 5.76. The quantitative estimate of drug-likeness (QED) is 0.318. The molecule has 0 radical (unpaired) electrons. The molecule has 1 amide bonds. The third kappa shape index (κ3) is 4.35. The molecule has 0 saturated heterocycles. The molecule has 2 heterocycles. The molecule has 1 unspecified atom stereocenters. The Morgan fingerprint density at radius 2 is 1.68 bits per heavy atom. The number of nitrogens with one attached hydrogen (secondary N) is 3. The number of carbonyl (C=O) groups is 1. The number of guanidine groups is 1. The number of oxazole rings is 1. The Hall–Kier alpha value is -3.81. The van der Waals surface area contributed by atoms with E-state index < -0.39 is 6.04 Å². The number of hydrogen-bond acceptors (Lipinski definition) is 6. The van der Waals surface area contributed by atoms with Gasteiger partial charge in [-0.15, -0.1) is 0 Å².